The molecule has 0 aliphatic carbocycles. The lowest BCUT2D eigenvalue weighted by molar-refractivity contribution is -0.126. The van der Waals surface area contributed by atoms with Gasteiger partial charge >= 0.3 is 0 Å². The van der Waals surface area contributed by atoms with Crippen molar-refractivity contribution in [1.82, 2.24) is 15.5 Å². The number of nitrogens with one attached hydrogen (secondary N) is 2. The van der Waals surface area contributed by atoms with Crippen molar-refractivity contribution in [1.29, 1.82) is 0 Å². The molecule has 2 atom stereocenters. The zero-order chi connectivity index (χ0) is 13.4. The Hall–Kier alpha value is -0.650. The Balaban J connectivity index is 2.35. The maximum absolute atomic E-state index is 12.0. The predicted molar refractivity (Wildman–Crippen MR) is 72.6 cm³/mol. The Bertz CT molecular complexity index is 246. The fourth-order valence-electron chi connectivity index (χ4n) is 2.49. The van der Waals surface area contributed by atoms with Gasteiger partial charge in [0.1, 0.15) is 0 Å². The van der Waals surface area contributed by atoms with Crippen molar-refractivity contribution in [2.75, 3.05) is 46.9 Å². The lowest BCUT2D eigenvalue weighted by Crippen LogP contribution is -2.50. The molecule has 1 amide bonds. The molecule has 0 aromatic heterocycles. The van der Waals surface area contributed by atoms with Crippen LogP contribution in [0.5, 0.6) is 0 Å². The van der Waals surface area contributed by atoms with Crippen molar-refractivity contribution in [2.45, 2.75) is 25.8 Å². The largest absolute Gasteiger partial charge is 0.383 e. The van der Waals surface area contributed by atoms with Gasteiger partial charge in [-0.25, -0.2) is 0 Å². The minimum Gasteiger partial charge on any atom is -0.383 e. The van der Waals surface area contributed by atoms with E-state index in [4.69, 9.17) is 4.74 Å². The number of nitrogens with zero attached hydrogens (tertiary/aromatic N) is 1. The van der Waals surface area contributed by atoms with Crippen molar-refractivity contribution in [3.63, 3.8) is 0 Å². The average Bonchev–Trinajstić information content (AvgIpc) is 2.39. The van der Waals surface area contributed by atoms with Crippen LogP contribution >= 0.6 is 0 Å². The number of likely N-dealkylation sites (tertiary alicyclic amines) is 1. The maximum atomic E-state index is 12.0. The summed E-state index contributed by atoms with van der Waals surface area (Å²) in [6, 6.07) is -0.0403. The zero-order valence-corrected chi connectivity index (χ0v) is 11.9. The average molecular weight is 257 g/mol. The molecule has 0 bridgehead atoms. The fraction of sp³-hybridized carbons (Fsp3) is 0.923. The van der Waals surface area contributed by atoms with E-state index in [1.54, 1.807) is 7.11 Å². The first-order valence-corrected chi connectivity index (χ1v) is 6.84. The number of hydrogen-bond donors (Lipinski definition) is 2. The molecule has 5 heteroatoms. The molecule has 2 unspecified atom stereocenters. The quantitative estimate of drug-likeness (QED) is 0.634. The molecule has 1 rings (SSSR count). The smallest absolute Gasteiger partial charge is 0.237 e. The number of amides is 1. The van der Waals surface area contributed by atoms with Gasteiger partial charge in [0.25, 0.3) is 0 Å². The summed E-state index contributed by atoms with van der Waals surface area (Å²) in [5.74, 6) is 0.773. The van der Waals surface area contributed by atoms with Crippen LogP contribution in [0.15, 0.2) is 0 Å². The van der Waals surface area contributed by atoms with E-state index in [0.29, 0.717) is 19.1 Å². The van der Waals surface area contributed by atoms with E-state index in [0.717, 1.165) is 19.6 Å². The van der Waals surface area contributed by atoms with Gasteiger partial charge in [-0.1, -0.05) is 0 Å². The highest BCUT2D eigenvalue weighted by atomic mass is 16.5. The van der Waals surface area contributed by atoms with Crippen LogP contribution in [-0.2, 0) is 9.53 Å². The monoisotopic (exact) mass is 257 g/mol. The van der Waals surface area contributed by atoms with Gasteiger partial charge in [-0.05, 0) is 45.8 Å². The molecule has 0 saturated carbocycles. The minimum absolute atomic E-state index is 0.0403. The van der Waals surface area contributed by atoms with E-state index in [1.807, 2.05) is 14.0 Å². The SMILES string of the molecule is CNCC1CCCN(C(C)C(=O)NCCOC)C1. The van der Waals surface area contributed by atoms with E-state index in [1.165, 1.54) is 12.8 Å². The summed E-state index contributed by atoms with van der Waals surface area (Å²) in [5.41, 5.74) is 0. The van der Waals surface area contributed by atoms with Crippen molar-refractivity contribution in [3.05, 3.63) is 0 Å². The van der Waals surface area contributed by atoms with Gasteiger partial charge in [0, 0.05) is 20.2 Å². The van der Waals surface area contributed by atoms with Gasteiger partial charge in [-0.2, -0.15) is 0 Å². The summed E-state index contributed by atoms with van der Waals surface area (Å²) in [6.07, 6.45) is 2.44. The third-order valence-electron chi connectivity index (χ3n) is 3.58. The van der Waals surface area contributed by atoms with E-state index in [9.17, 15) is 4.79 Å². The molecule has 5 nitrogen and oxygen atoms in total. The Morgan fingerprint density at radius 2 is 2.33 bits per heavy atom. The Labute approximate surface area is 110 Å². The summed E-state index contributed by atoms with van der Waals surface area (Å²) in [6.45, 7) is 6.23. The predicted octanol–water partition coefficient (Wildman–Crippen LogP) is 0.0689. The zero-order valence-electron chi connectivity index (χ0n) is 11.9. The molecule has 1 saturated heterocycles. The van der Waals surface area contributed by atoms with Crippen molar-refractivity contribution in [2.24, 2.45) is 5.92 Å². The van der Waals surface area contributed by atoms with Crippen LogP contribution in [0, 0.1) is 5.92 Å². The first kappa shape index (κ1) is 15.4. The second-order valence-corrected chi connectivity index (χ2v) is 5.02. The third-order valence-corrected chi connectivity index (χ3v) is 3.58. The summed E-state index contributed by atoms with van der Waals surface area (Å²) in [7, 11) is 3.63. The standard InChI is InChI=1S/C13H27N3O2/c1-11(13(17)15-6-8-18-3)16-7-4-5-12(10-16)9-14-2/h11-12,14H,4-10H2,1-3H3,(H,15,17). The molecule has 18 heavy (non-hydrogen) atoms. The molecule has 0 aromatic carbocycles. The minimum atomic E-state index is -0.0403. The van der Waals surface area contributed by atoms with Gasteiger partial charge in [-0.15, -0.1) is 0 Å². The molecule has 1 aliphatic heterocycles. The first-order chi connectivity index (χ1) is 8.69. The molecular formula is C13H27N3O2. The number of hydrogen-bond acceptors (Lipinski definition) is 4. The molecule has 2 N–H and O–H groups in total. The van der Waals surface area contributed by atoms with Crippen LogP contribution in [0.2, 0.25) is 0 Å². The molecule has 0 spiro atoms. The number of carbonyl (C=O) groups excluding carboxylic acids is 1. The maximum Gasteiger partial charge on any atom is 0.237 e. The normalized spacial score (nSPS) is 22.7. The molecule has 0 radical (unpaired) electrons. The third kappa shape index (κ3) is 4.92. The van der Waals surface area contributed by atoms with Gasteiger partial charge in [0.05, 0.1) is 12.6 Å². The lowest BCUT2D eigenvalue weighted by atomic mass is 9.97. The molecule has 1 aliphatic rings. The van der Waals surface area contributed by atoms with Crippen molar-refractivity contribution < 1.29 is 9.53 Å². The number of piperidine rings is 1. The molecule has 1 heterocycles. The summed E-state index contributed by atoms with van der Waals surface area (Å²) < 4.78 is 4.93. The highest BCUT2D eigenvalue weighted by Gasteiger charge is 2.26. The van der Waals surface area contributed by atoms with Crippen LogP contribution < -0.4 is 10.6 Å². The lowest BCUT2D eigenvalue weighted by Gasteiger charge is -2.36. The molecular weight excluding hydrogens is 230 g/mol. The van der Waals surface area contributed by atoms with Gasteiger partial charge in [-0.3, -0.25) is 9.69 Å². The van der Waals surface area contributed by atoms with E-state index in [-0.39, 0.29) is 11.9 Å². The highest BCUT2D eigenvalue weighted by Crippen LogP contribution is 2.17. The Morgan fingerprint density at radius 3 is 3.00 bits per heavy atom. The number of carbonyl (C=O) groups is 1. The van der Waals surface area contributed by atoms with Gasteiger partial charge in [0.15, 0.2) is 0 Å². The Morgan fingerprint density at radius 1 is 1.56 bits per heavy atom. The number of rotatable bonds is 7. The highest BCUT2D eigenvalue weighted by molar-refractivity contribution is 5.81. The summed E-state index contributed by atoms with van der Waals surface area (Å²) in [4.78, 5) is 14.2. The van der Waals surface area contributed by atoms with E-state index < -0.39 is 0 Å². The van der Waals surface area contributed by atoms with E-state index >= 15 is 0 Å². The summed E-state index contributed by atoms with van der Waals surface area (Å²) >= 11 is 0. The first-order valence-electron chi connectivity index (χ1n) is 6.84. The van der Waals surface area contributed by atoms with Crippen LogP contribution in [0.3, 0.4) is 0 Å². The van der Waals surface area contributed by atoms with Crippen LogP contribution in [0.25, 0.3) is 0 Å². The summed E-state index contributed by atoms with van der Waals surface area (Å²) in [5, 5.41) is 6.13. The van der Waals surface area contributed by atoms with Crippen LogP contribution in [0.4, 0.5) is 0 Å². The van der Waals surface area contributed by atoms with Crippen LogP contribution in [-0.4, -0.2) is 63.8 Å². The number of methoxy groups -OCH3 is 1. The molecule has 106 valence electrons. The Kier molecular flexibility index (Phi) is 7.23. The van der Waals surface area contributed by atoms with Crippen molar-refractivity contribution in [3.8, 4) is 0 Å². The van der Waals surface area contributed by atoms with E-state index in [2.05, 4.69) is 15.5 Å². The fourth-order valence-corrected chi connectivity index (χ4v) is 2.49. The van der Waals surface area contributed by atoms with Crippen LogP contribution in [0.1, 0.15) is 19.8 Å². The van der Waals surface area contributed by atoms with Crippen molar-refractivity contribution >= 4 is 5.91 Å². The topological polar surface area (TPSA) is 53.6 Å². The second kappa shape index (κ2) is 8.45. The number of ether oxygens (including phenoxy) is 1. The van der Waals surface area contributed by atoms with Gasteiger partial charge < -0.3 is 15.4 Å². The second-order valence-electron chi connectivity index (χ2n) is 5.02. The molecule has 1 fully saturated rings. The molecule has 0 aromatic rings. The van der Waals surface area contributed by atoms with Gasteiger partial charge in [0.2, 0.25) is 5.91 Å².